The lowest BCUT2D eigenvalue weighted by Crippen LogP contribution is -2.51. The number of aromatic amines is 1. The molecule has 1 aliphatic rings. The lowest BCUT2D eigenvalue weighted by molar-refractivity contribution is 0.0958. The maximum Gasteiger partial charge on any atom is 0.270 e. The summed E-state index contributed by atoms with van der Waals surface area (Å²) in [5, 5.41) is 2.59. The number of carbonyl (C=O) groups is 1. The van der Waals surface area contributed by atoms with Gasteiger partial charge in [0.15, 0.2) is 5.65 Å². The Balaban J connectivity index is 1.43. The minimum atomic E-state index is -0.184. The van der Waals surface area contributed by atoms with Crippen molar-refractivity contribution in [1.29, 1.82) is 0 Å². The summed E-state index contributed by atoms with van der Waals surface area (Å²) in [6, 6.07) is 5.97. The smallest absolute Gasteiger partial charge is 0.270 e. The number of pyridine rings is 2. The fraction of sp³-hybridized carbons (Fsp3) is 0.409. The molecule has 1 fully saturated rings. The first-order valence-electron chi connectivity index (χ1n) is 10.5. The van der Waals surface area contributed by atoms with E-state index in [1.165, 1.54) is 0 Å². The van der Waals surface area contributed by atoms with E-state index in [1.807, 2.05) is 25.3 Å². The highest BCUT2D eigenvalue weighted by Gasteiger charge is 2.24. The third-order valence-corrected chi connectivity index (χ3v) is 5.67. The van der Waals surface area contributed by atoms with E-state index in [1.54, 1.807) is 19.3 Å². The van der Waals surface area contributed by atoms with Gasteiger partial charge in [-0.1, -0.05) is 6.92 Å². The highest BCUT2D eigenvalue weighted by atomic mass is 16.1. The number of anilines is 1. The van der Waals surface area contributed by atoms with Gasteiger partial charge < -0.3 is 15.2 Å². The molecule has 9 heteroatoms. The van der Waals surface area contributed by atoms with Crippen LogP contribution in [-0.2, 0) is 13.0 Å². The minimum absolute atomic E-state index is 0.146. The molecule has 0 unspecified atom stereocenters. The number of nitrogens with one attached hydrogen (secondary N) is 2. The van der Waals surface area contributed by atoms with Gasteiger partial charge in [0, 0.05) is 45.5 Å². The summed E-state index contributed by atoms with van der Waals surface area (Å²) in [6.45, 7) is 7.49. The molecule has 162 valence electrons. The first kappa shape index (κ1) is 20.9. The Kier molecular flexibility index (Phi) is 5.94. The van der Waals surface area contributed by atoms with Gasteiger partial charge in [-0.3, -0.25) is 14.5 Å². The second kappa shape index (κ2) is 8.81. The largest absolute Gasteiger partial charge is 0.365 e. The van der Waals surface area contributed by atoms with Crippen molar-refractivity contribution in [2.24, 2.45) is 0 Å². The van der Waals surface area contributed by atoms with Crippen LogP contribution in [0.4, 0.5) is 5.69 Å². The molecule has 1 aliphatic heterocycles. The van der Waals surface area contributed by atoms with Gasteiger partial charge in [0.25, 0.3) is 11.5 Å². The summed E-state index contributed by atoms with van der Waals surface area (Å²) in [5.74, 6) is -0.184. The molecule has 0 aromatic carbocycles. The van der Waals surface area contributed by atoms with Crippen molar-refractivity contribution in [3.8, 4) is 0 Å². The van der Waals surface area contributed by atoms with Gasteiger partial charge in [-0.25, -0.2) is 15.0 Å². The first-order valence-corrected chi connectivity index (χ1v) is 10.5. The van der Waals surface area contributed by atoms with Gasteiger partial charge in [-0.2, -0.15) is 0 Å². The molecule has 9 nitrogen and oxygen atoms in total. The molecular formula is C22H27N7O2. The molecule has 0 aliphatic carbocycles. The van der Waals surface area contributed by atoms with Crippen molar-refractivity contribution in [1.82, 2.24) is 30.2 Å². The van der Waals surface area contributed by atoms with Gasteiger partial charge >= 0.3 is 0 Å². The normalized spacial score (nSPS) is 17.1. The second-order valence-corrected chi connectivity index (χ2v) is 7.84. The van der Waals surface area contributed by atoms with Gasteiger partial charge in [0.2, 0.25) is 0 Å². The number of carbonyl (C=O) groups excluding carboxylic acids is 1. The van der Waals surface area contributed by atoms with E-state index in [9.17, 15) is 9.59 Å². The van der Waals surface area contributed by atoms with Gasteiger partial charge in [0.1, 0.15) is 11.4 Å². The average molecular weight is 422 g/mol. The number of aryl methyl sites for hydroxylation is 1. The molecule has 3 aromatic rings. The van der Waals surface area contributed by atoms with Gasteiger partial charge in [0.05, 0.1) is 17.4 Å². The molecule has 0 radical (unpaired) electrons. The Morgan fingerprint density at radius 1 is 1.26 bits per heavy atom. The number of hydrogen-bond donors (Lipinski definition) is 2. The standard InChI is InChI=1S/C22H27N7O2/c1-4-17-22(31)27-19-9-15(10-25-20(19)26-17)13-28-7-8-29(14(2)12-28)16-5-6-18(24-11-16)21(30)23-3/h5-6,9-11,14H,4,7-8,12-13H2,1-3H3,(H,23,30)(H,27,31)/t14-/m1/s1. The average Bonchev–Trinajstić information content (AvgIpc) is 2.78. The van der Waals surface area contributed by atoms with Crippen LogP contribution in [0.2, 0.25) is 0 Å². The SMILES string of the molecule is CCc1nc2ncc(CN3CCN(c4ccc(C(=O)NC)nc4)[C@H](C)C3)cc2[nH]c1=O. The first-order chi connectivity index (χ1) is 15.0. The third-order valence-electron chi connectivity index (χ3n) is 5.67. The number of amides is 1. The molecule has 2 N–H and O–H groups in total. The molecule has 1 amide bonds. The maximum atomic E-state index is 12.1. The Morgan fingerprint density at radius 3 is 2.77 bits per heavy atom. The van der Waals surface area contributed by atoms with E-state index in [4.69, 9.17) is 0 Å². The van der Waals surface area contributed by atoms with Crippen LogP contribution in [0.5, 0.6) is 0 Å². The lowest BCUT2D eigenvalue weighted by Gasteiger charge is -2.41. The Labute approximate surface area is 180 Å². The van der Waals surface area contributed by atoms with E-state index in [2.05, 4.69) is 42.0 Å². The maximum absolute atomic E-state index is 12.1. The molecule has 1 saturated heterocycles. The van der Waals surface area contributed by atoms with E-state index >= 15 is 0 Å². The highest BCUT2D eigenvalue weighted by molar-refractivity contribution is 5.92. The molecule has 4 rings (SSSR count). The fourth-order valence-corrected chi connectivity index (χ4v) is 4.02. The Bertz CT molecular complexity index is 1140. The molecule has 0 saturated carbocycles. The molecule has 1 atom stereocenters. The third kappa shape index (κ3) is 4.41. The van der Waals surface area contributed by atoms with Crippen LogP contribution in [0.3, 0.4) is 0 Å². The van der Waals surface area contributed by atoms with E-state index < -0.39 is 0 Å². The van der Waals surface area contributed by atoms with Crippen molar-refractivity contribution in [3.05, 3.63) is 57.9 Å². The van der Waals surface area contributed by atoms with Crippen LogP contribution >= 0.6 is 0 Å². The van der Waals surface area contributed by atoms with Crippen molar-refractivity contribution in [3.63, 3.8) is 0 Å². The van der Waals surface area contributed by atoms with Crippen molar-refractivity contribution < 1.29 is 4.79 Å². The van der Waals surface area contributed by atoms with Crippen molar-refractivity contribution in [2.45, 2.75) is 32.9 Å². The van der Waals surface area contributed by atoms with E-state index in [0.29, 0.717) is 35.0 Å². The number of nitrogens with zero attached hydrogens (tertiary/aromatic N) is 5. The van der Waals surface area contributed by atoms with Crippen molar-refractivity contribution >= 4 is 22.8 Å². The summed E-state index contributed by atoms with van der Waals surface area (Å²) in [6.07, 6.45) is 4.18. The molecular weight excluding hydrogens is 394 g/mol. The molecule has 4 heterocycles. The van der Waals surface area contributed by atoms with Crippen LogP contribution in [-0.4, -0.2) is 63.5 Å². The molecule has 31 heavy (non-hydrogen) atoms. The fourth-order valence-electron chi connectivity index (χ4n) is 4.02. The molecule has 3 aromatic heterocycles. The van der Waals surface area contributed by atoms with Gasteiger partial charge in [-0.15, -0.1) is 0 Å². The second-order valence-electron chi connectivity index (χ2n) is 7.84. The van der Waals surface area contributed by atoms with Crippen molar-refractivity contribution in [2.75, 3.05) is 31.6 Å². The monoisotopic (exact) mass is 421 g/mol. The zero-order valence-electron chi connectivity index (χ0n) is 18.1. The minimum Gasteiger partial charge on any atom is -0.365 e. The number of aromatic nitrogens is 4. The summed E-state index contributed by atoms with van der Waals surface area (Å²) in [5.41, 5.74) is 4.09. The van der Waals surface area contributed by atoms with Gasteiger partial charge in [-0.05, 0) is 37.1 Å². The van der Waals surface area contributed by atoms with E-state index in [0.717, 1.165) is 37.4 Å². The predicted molar refractivity (Wildman–Crippen MR) is 119 cm³/mol. The number of piperazine rings is 1. The Hall–Kier alpha value is -3.33. The van der Waals surface area contributed by atoms with Crippen LogP contribution in [0, 0.1) is 0 Å². The highest BCUT2D eigenvalue weighted by Crippen LogP contribution is 2.21. The lowest BCUT2D eigenvalue weighted by atomic mass is 10.1. The quantitative estimate of drug-likeness (QED) is 0.640. The predicted octanol–water partition coefficient (Wildman–Crippen LogP) is 1.35. The zero-order chi connectivity index (χ0) is 22.0. The van der Waals surface area contributed by atoms with E-state index in [-0.39, 0.29) is 11.5 Å². The number of rotatable bonds is 5. The zero-order valence-corrected chi connectivity index (χ0v) is 18.1. The van der Waals surface area contributed by atoms with Crippen LogP contribution in [0.25, 0.3) is 11.2 Å². The topological polar surface area (TPSA) is 107 Å². The van der Waals surface area contributed by atoms with Crippen LogP contribution < -0.4 is 15.8 Å². The molecule has 0 spiro atoms. The summed E-state index contributed by atoms with van der Waals surface area (Å²) < 4.78 is 0. The number of hydrogen-bond acceptors (Lipinski definition) is 7. The summed E-state index contributed by atoms with van der Waals surface area (Å²) in [4.78, 5) is 44.4. The summed E-state index contributed by atoms with van der Waals surface area (Å²) in [7, 11) is 1.60. The molecule has 0 bridgehead atoms. The Morgan fingerprint density at radius 2 is 2.10 bits per heavy atom. The van der Waals surface area contributed by atoms with Crippen LogP contribution in [0.15, 0.2) is 35.4 Å². The summed E-state index contributed by atoms with van der Waals surface area (Å²) >= 11 is 0. The van der Waals surface area contributed by atoms with Crippen LogP contribution in [0.1, 0.15) is 35.6 Å². The number of fused-ring (bicyclic) bond motifs is 1. The number of H-pyrrole nitrogens is 1.